The van der Waals surface area contributed by atoms with Crippen molar-refractivity contribution in [3.8, 4) is 0 Å². The molecule has 0 amide bonds. The van der Waals surface area contributed by atoms with Crippen LogP contribution in [0.4, 0.5) is 19.0 Å². The standard InChI is InChI=1S/C14H14F3N3O2/c1-9(10-5-3-2-4-6-10)18-11-7-12(21)20(13(22)19-11)8-14(15,16)17/h2-7,9,18H,8H2,1H3,(H,19,22). The van der Waals surface area contributed by atoms with E-state index in [-0.39, 0.29) is 16.4 Å². The fraction of sp³-hybridized carbons (Fsp3) is 0.286. The number of anilines is 1. The Morgan fingerprint density at radius 3 is 2.41 bits per heavy atom. The number of rotatable bonds is 4. The average molecular weight is 313 g/mol. The van der Waals surface area contributed by atoms with Gasteiger partial charge in [-0.1, -0.05) is 30.3 Å². The van der Waals surface area contributed by atoms with Crippen LogP contribution in [0.1, 0.15) is 18.5 Å². The van der Waals surface area contributed by atoms with E-state index in [1.165, 1.54) is 0 Å². The molecule has 1 heterocycles. The van der Waals surface area contributed by atoms with Gasteiger partial charge in [0.2, 0.25) is 0 Å². The Bertz CT molecular complexity index is 719. The third-order valence-electron chi connectivity index (χ3n) is 3.03. The number of aromatic nitrogens is 2. The molecule has 0 spiro atoms. The first-order chi connectivity index (χ1) is 10.3. The van der Waals surface area contributed by atoms with Crippen molar-refractivity contribution in [2.24, 2.45) is 0 Å². The largest absolute Gasteiger partial charge is 0.406 e. The number of nitrogens with one attached hydrogen (secondary N) is 2. The minimum absolute atomic E-state index is 0.0739. The maximum atomic E-state index is 12.3. The maximum absolute atomic E-state index is 12.3. The van der Waals surface area contributed by atoms with Crippen LogP contribution in [0.5, 0.6) is 0 Å². The van der Waals surface area contributed by atoms with Crippen molar-refractivity contribution < 1.29 is 13.2 Å². The van der Waals surface area contributed by atoms with E-state index in [0.717, 1.165) is 11.6 Å². The molecule has 0 aliphatic heterocycles. The van der Waals surface area contributed by atoms with E-state index in [9.17, 15) is 22.8 Å². The summed E-state index contributed by atoms with van der Waals surface area (Å²) in [6.07, 6.45) is -4.64. The highest BCUT2D eigenvalue weighted by molar-refractivity contribution is 5.36. The first-order valence-electron chi connectivity index (χ1n) is 6.48. The van der Waals surface area contributed by atoms with Gasteiger partial charge in [-0.15, -0.1) is 0 Å². The predicted molar refractivity (Wildman–Crippen MR) is 75.9 cm³/mol. The monoisotopic (exact) mass is 313 g/mol. The zero-order valence-corrected chi connectivity index (χ0v) is 11.6. The quantitative estimate of drug-likeness (QED) is 0.910. The lowest BCUT2D eigenvalue weighted by atomic mass is 10.1. The summed E-state index contributed by atoms with van der Waals surface area (Å²) in [5.41, 5.74) is -1.21. The number of nitrogens with zero attached hydrogens (tertiary/aromatic N) is 1. The van der Waals surface area contributed by atoms with Crippen LogP contribution in [0, 0.1) is 0 Å². The van der Waals surface area contributed by atoms with Gasteiger partial charge in [-0.25, -0.2) is 4.79 Å². The van der Waals surface area contributed by atoms with Crippen molar-refractivity contribution in [1.82, 2.24) is 9.55 Å². The van der Waals surface area contributed by atoms with Crippen molar-refractivity contribution >= 4 is 5.82 Å². The number of H-pyrrole nitrogens is 1. The normalized spacial score (nSPS) is 12.9. The van der Waals surface area contributed by atoms with Crippen molar-refractivity contribution in [2.45, 2.75) is 25.7 Å². The summed E-state index contributed by atoms with van der Waals surface area (Å²) in [5, 5.41) is 2.88. The molecule has 8 heteroatoms. The van der Waals surface area contributed by atoms with Crippen LogP contribution in [0.25, 0.3) is 0 Å². The lowest BCUT2D eigenvalue weighted by molar-refractivity contribution is -0.141. The molecule has 0 bridgehead atoms. The van der Waals surface area contributed by atoms with Crippen LogP contribution in [-0.2, 0) is 6.54 Å². The van der Waals surface area contributed by atoms with E-state index >= 15 is 0 Å². The van der Waals surface area contributed by atoms with Gasteiger partial charge < -0.3 is 5.32 Å². The SMILES string of the molecule is CC(Nc1cc(=O)n(CC(F)(F)F)c(=O)[nH]1)c1ccccc1. The van der Waals surface area contributed by atoms with Crippen molar-refractivity contribution in [1.29, 1.82) is 0 Å². The van der Waals surface area contributed by atoms with E-state index in [1.807, 2.05) is 30.3 Å². The van der Waals surface area contributed by atoms with Gasteiger partial charge in [0.1, 0.15) is 12.4 Å². The molecule has 22 heavy (non-hydrogen) atoms. The Labute approximate surface area is 123 Å². The van der Waals surface area contributed by atoms with Gasteiger partial charge in [-0.3, -0.25) is 14.3 Å². The van der Waals surface area contributed by atoms with Crippen LogP contribution >= 0.6 is 0 Å². The highest BCUT2D eigenvalue weighted by atomic mass is 19.4. The topological polar surface area (TPSA) is 66.9 Å². The summed E-state index contributed by atoms with van der Waals surface area (Å²) >= 11 is 0. The molecule has 0 radical (unpaired) electrons. The van der Waals surface area contributed by atoms with Gasteiger partial charge in [-0.2, -0.15) is 13.2 Å². The van der Waals surface area contributed by atoms with E-state index in [4.69, 9.17) is 0 Å². The highest BCUT2D eigenvalue weighted by Crippen LogP contribution is 2.17. The second-order valence-electron chi connectivity index (χ2n) is 4.80. The predicted octanol–water partition coefficient (Wildman–Crippen LogP) is 2.27. The van der Waals surface area contributed by atoms with Gasteiger partial charge in [0.25, 0.3) is 5.56 Å². The van der Waals surface area contributed by atoms with E-state index in [0.29, 0.717) is 0 Å². The molecule has 1 unspecified atom stereocenters. The Hall–Kier alpha value is -2.51. The zero-order chi connectivity index (χ0) is 16.3. The van der Waals surface area contributed by atoms with E-state index < -0.39 is 24.0 Å². The lowest BCUT2D eigenvalue weighted by Gasteiger charge is -2.16. The fourth-order valence-electron chi connectivity index (χ4n) is 1.99. The number of hydrogen-bond donors (Lipinski definition) is 2. The number of hydrogen-bond acceptors (Lipinski definition) is 3. The third-order valence-corrected chi connectivity index (χ3v) is 3.03. The molecule has 0 saturated heterocycles. The molecule has 0 aliphatic rings. The zero-order valence-electron chi connectivity index (χ0n) is 11.6. The van der Waals surface area contributed by atoms with Crippen LogP contribution in [0.2, 0.25) is 0 Å². The number of alkyl halides is 3. The maximum Gasteiger partial charge on any atom is 0.406 e. The third kappa shape index (κ3) is 4.00. The second kappa shape index (κ2) is 6.08. The first-order valence-corrected chi connectivity index (χ1v) is 6.48. The van der Waals surface area contributed by atoms with Gasteiger partial charge in [0.15, 0.2) is 0 Å². The number of benzene rings is 1. The molecule has 0 saturated carbocycles. The van der Waals surface area contributed by atoms with Crippen molar-refractivity contribution in [3.63, 3.8) is 0 Å². The Morgan fingerprint density at radius 1 is 1.23 bits per heavy atom. The van der Waals surface area contributed by atoms with Gasteiger partial charge in [0, 0.05) is 12.1 Å². The highest BCUT2D eigenvalue weighted by Gasteiger charge is 2.29. The summed E-state index contributed by atoms with van der Waals surface area (Å²) < 4.78 is 37.0. The number of aromatic amines is 1. The Balaban J connectivity index is 2.24. The van der Waals surface area contributed by atoms with Crippen LogP contribution < -0.4 is 16.6 Å². The molecule has 118 valence electrons. The summed E-state index contributed by atoms with van der Waals surface area (Å²) in [6.45, 7) is 0.185. The summed E-state index contributed by atoms with van der Waals surface area (Å²) in [4.78, 5) is 25.5. The van der Waals surface area contributed by atoms with Crippen LogP contribution in [-0.4, -0.2) is 15.7 Å². The van der Waals surface area contributed by atoms with Crippen molar-refractivity contribution in [3.05, 3.63) is 62.8 Å². The molecule has 2 aromatic rings. The minimum Gasteiger partial charge on any atom is -0.365 e. The molecular formula is C14H14F3N3O2. The van der Waals surface area contributed by atoms with E-state index in [1.54, 1.807) is 6.92 Å². The minimum atomic E-state index is -4.64. The summed E-state index contributed by atoms with van der Waals surface area (Å²) in [5.74, 6) is 0.0739. The summed E-state index contributed by atoms with van der Waals surface area (Å²) in [6, 6.07) is 9.91. The molecule has 2 N–H and O–H groups in total. The van der Waals surface area contributed by atoms with Crippen molar-refractivity contribution in [2.75, 3.05) is 5.32 Å². The average Bonchev–Trinajstić information content (AvgIpc) is 2.43. The smallest absolute Gasteiger partial charge is 0.365 e. The molecule has 0 aliphatic carbocycles. The number of halogens is 3. The Morgan fingerprint density at radius 2 is 1.86 bits per heavy atom. The first kappa shape index (κ1) is 15.9. The second-order valence-corrected chi connectivity index (χ2v) is 4.80. The van der Waals surface area contributed by atoms with Gasteiger partial charge >= 0.3 is 11.9 Å². The molecule has 1 atom stereocenters. The lowest BCUT2D eigenvalue weighted by Crippen LogP contribution is -2.39. The van der Waals surface area contributed by atoms with E-state index in [2.05, 4.69) is 10.3 Å². The van der Waals surface area contributed by atoms with Gasteiger partial charge in [-0.05, 0) is 12.5 Å². The molecular weight excluding hydrogens is 299 g/mol. The molecule has 1 aromatic carbocycles. The Kier molecular flexibility index (Phi) is 4.39. The molecule has 1 aromatic heterocycles. The van der Waals surface area contributed by atoms with Crippen LogP contribution in [0.15, 0.2) is 46.0 Å². The molecule has 0 fully saturated rings. The molecule has 2 rings (SSSR count). The fourth-order valence-corrected chi connectivity index (χ4v) is 1.99. The van der Waals surface area contributed by atoms with Gasteiger partial charge in [0.05, 0.1) is 0 Å². The molecule has 5 nitrogen and oxygen atoms in total. The van der Waals surface area contributed by atoms with Crippen LogP contribution in [0.3, 0.4) is 0 Å². The summed E-state index contributed by atoms with van der Waals surface area (Å²) in [7, 11) is 0.